The highest BCUT2D eigenvalue weighted by Gasteiger charge is 2.73. The number of nitrogens with one attached hydrogen (secondary N) is 2. The summed E-state index contributed by atoms with van der Waals surface area (Å²) in [5.74, 6) is -0.340. The number of carbonyl (C=O) groups is 2. The van der Waals surface area contributed by atoms with E-state index in [9.17, 15) is 9.59 Å². The second-order valence-electron chi connectivity index (χ2n) is 13.0. The molecule has 1 atom stereocenters. The van der Waals surface area contributed by atoms with Crippen molar-refractivity contribution in [3.63, 3.8) is 0 Å². The number of carbonyl (C=O) groups excluding carboxylic acids is 2. The molecule has 5 saturated carbocycles. The predicted molar refractivity (Wildman–Crippen MR) is 114 cm³/mol. The van der Waals surface area contributed by atoms with Crippen LogP contribution in [-0.2, 0) is 9.59 Å². The maximum Gasteiger partial charge on any atom is 0.234 e. The average molecular weight is 456 g/mol. The van der Waals surface area contributed by atoms with Gasteiger partial charge in [-0.15, -0.1) is 0 Å². The minimum Gasteiger partial charge on any atom is -0.352 e. The van der Waals surface area contributed by atoms with Gasteiger partial charge in [-0.2, -0.15) is 0 Å². The number of amides is 2. The molecule has 1 heterocycles. The van der Waals surface area contributed by atoms with Crippen LogP contribution in [0.3, 0.4) is 0 Å². The molecule has 1 aliphatic heterocycles. The zero-order valence-corrected chi connectivity index (χ0v) is 19.5. The Bertz CT molecular complexity index is 779. The van der Waals surface area contributed by atoms with E-state index in [1.165, 1.54) is 0 Å². The lowest BCUT2D eigenvalue weighted by molar-refractivity contribution is -0.216. The summed E-state index contributed by atoms with van der Waals surface area (Å²) in [5.41, 5.74) is -7.24. The van der Waals surface area contributed by atoms with Gasteiger partial charge in [0.15, 0.2) is 0 Å². The molecule has 2 N–H and O–H groups in total. The summed E-state index contributed by atoms with van der Waals surface area (Å²) >= 11 is 0. The van der Waals surface area contributed by atoms with Gasteiger partial charge in [-0.25, -0.2) is 13.2 Å². The first kappa shape index (κ1) is 22.5. The Labute approximate surface area is 188 Å². The molecule has 0 radical (unpaired) electrons. The number of hydrogen-bond acceptors (Lipinski definition) is 3. The maximum absolute atomic E-state index is 15.2. The second kappa shape index (κ2) is 6.63. The first-order valence-corrected chi connectivity index (χ1v) is 12.1. The highest BCUT2D eigenvalue weighted by molar-refractivity contribution is 5.84. The van der Waals surface area contributed by atoms with E-state index in [4.69, 9.17) is 0 Å². The van der Waals surface area contributed by atoms with Gasteiger partial charge in [0.1, 0.15) is 17.0 Å². The lowest BCUT2D eigenvalue weighted by Crippen LogP contribution is -2.68. The van der Waals surface area contributed by atoms with Crippen LogP contribution < -0.4 is 10.6 Å². The minimum absolute atomic E-state index is 0.00314. The van der Waals surface area contributed by atoms with Gasteiger partial charge in [-0.3, -0.25) is 14.5 Å². The van der Waals surface area contributed by atoms with Gasteiger partial charge in [-0.1, -0.05) is 0 Å². The van der Waals surface area contributed by atoms with Crippen molar-refractivity contribution in [2.24, 2.45) is 10.8 Å². The summed E-state index contributed by atoms with van der Waals surface area (Å²) < 4.78 is 45.7. The zero-order chi connectivity index (χ0) is 23.2. The van der Waals surface area contributed by atoms with E-state index in [-0.39, 0.29) is 67.3 Å². The molecule has 4 bridgehead atoms. The Morgan fingerprint density at radius 1 is 0.906 bits per heavy atom. The monoisotopic (exact) mass is 455 g/mol. The van der Waals surface area contributed by atoms with Gasteiger partial charge in [-0.05, 0) is 77.8 Å². The Hall–Kier alpha value is -1.31. The van der Waals surface area contributed by atoms with Crippen LogP contribution in [0.25, 0.3) is 0 Å². The fourth-order valence-electron chi connectivity index (χ4n) is 7.75. The van der Waals surface area contributed by atoms with E-state index in [1.54, 1.807) is 0 Å². The minimum atomic E-state index is -1.91. The smallest absolute Gasteiger partial charge is 0.234 e. The molecule has 180 valence electrons. The van der Waals surface area contributed by atoms with Crippen molar-refractivity contribution in [1.29, 1.82) is 0 Å². The summed E-state index contributed by atoms with van der Waals surface area (Å²) in [6, 6.07) is -0.0183. The zero-order valence-electron chi connectivity index (χ0n) is 19.5. The van der Waals surface area contributed by atoms with Crippen molar-refractivity contribution in [2.75, 3.05) is 19.6 Å². The number of hydrogen-bond donors (Lipinski definition) is 2. The van der Waals surface area contributed by atoms with Crippen molar-refractivity contribution >= 4 is 11.8 Å². The van der Waals surface area contributed by atoms with Crippen LogP contribution in [0, 0.1) is 10.8 Å². The number of nitrogens with zero attached hydrogens (tertiary/aromatic N) is 1. The van der Waals surface area contributed by atoms with E-state index in [1.807, 2.05) is 20.8 Å². The molecule has 32 heavy (non-hydrogen) atoms. The molecule has 6 rings (SSSR count). The SMILES string of the molecule is CC(C)(C)NC(=O)CN1CCC2(CC1)CC2NC(=O)C12CC3(F)CC(F)(CC(F)(C3)C1)C2. The van der Waals surface area contributed by atoms with Crippen molar-refractivity contribution in [3.8, 4) is 0 Å². The van der Waals surface area contributed by atoms with Crippen molar-refractivity contribution in [1.82, 2.24) is 15.5 Å². The van der Waals surface area contributed by atoms with E-state index >= 15 is 13.2 Å². The van der Waals surface area contributed by atoms with Gasteiger partial charge < -0.3 is 10.6 Å². The number of rotatable bonds is 4. The first-order valence-electron chi connectivity index (χ1n) is 12.1. The standard InChI is InChI=1S/C24H36F3N3O2/c1-19(2,3)29-17(31)9-30-6-4-20(5-7-30)8-16(20)28-18(32)21-10-22(25)13-23(26,11-21)15-24(27,12-21)14-22/h16H,4-15H2,1-3H3,(H,28,32)(H,29,31). The number of halogens is 3. The van der Waals surface area contributed by atoms with Crippen LogP contribution >= 0.6 is 0 Å². The molecule has 1 saturated heterocycles. The molecule has 8 heteroatoms. The van der Waals surface area contributed by atoms with Crippen LogP contribution in [0.15, 0.2) is 0 Å². The molecule has 2 amide bonds. The van der Waals surface area contributed by atoms with Gasteiger partial charge >= 0.3 is 0 Å². The first-order chi connectivity index (χ1) is 14.7. The van der Waals surface area contributed by atoms with Crippen LogP contribution in [0.5, 0.6) is 0 Å². The van der Waals surface area contributed by atoms with Gasteiger partial charge in [0, 0.05) is 30.8 Å². The molecule has 6 fully saturated rings. The van der Waals surface area contributed by atoms with Crippen molar-refractivity contribution in [2.45, 2.75) is 107 Å². The molecule has 6 aliphatic rings. The number of piperidine rings is 1. The molecular formula is C24H36F3N3O2. The van der Waals surface area contributed by atoms with E-state index < -0.39 is 22.4 Å². The highest BCUT2D eigenvalue weighted by Crippen LogP contribution is 2.68. The largest absolute Gasteiger partial charge is 0.352 e. The fourth-order valence-corrected chi connectivity index (χ4v) is 7.75. The summed E-state index contributed by atoms with van der Waals surface area (Å²) in [6.45, 7) is 7.80. The molecule has 1 spiro atoms. The highest BCUT2D eigenvalue weighted by atomic mass is 19.2. The molecule has 0 aromatic rings. The third-order valence-electron chi connectivity index (χ3n) is 8.58. The Balaban J connectivity index is 1.17. The van der Waals surface area contributed by atoms with Gasteiger partial charge in [0.05, 0.1) is 12.0 Å². The van der Waals surface area contributed by atoms with Crippen molar-refractivity contribution < 1.29 is 22.8 Å². The molecule has 1 unspecified atom stereocenters. The summed E-state index contributed by atoms with van der Waals surface area (Å²) in [5, 5.41) is 6.05. The van der Waals surface area contributed by atoms with Crippen LogP contribution in [0.4, 0.5) is 13.2 Å². The molecule has 5 nitrogen and oxygen atoms in total. The third-order valence-corrected chi connectivity index (χ3v) is 8.58. The molecule has 0 aromatic heterocycles. The Kier molecular flexibility index (Phi) is 4.66. The molecular weight excluding hydrogens is 419 g/mol. The quantitative estimate of drug-likeness (QED) is 0.683. The second-order valence-corrected chi connectivity index (χ2v) is 13.0. The average Bonchev–Trinajstić information content (AvgIpc) is 3.22. The maximum atomic E-state index is 15.2. The lowest BCUT2D eigenvalue weighted by Gasteiger charge is -2.62. The normalized spacial score (nSPS) is 44.5. The fraction of sp³-hybridized carbons (Fsp3) is 0.917. The summed E-state index contributed by atoms with van der Waals surface area (Å²) in [6.07, 6.45) is 1.62. The Morgan fingerprint density at radius 2 is 1.41 bits per heavy atom. The van der Waals surface area contributed by atoms with Gasteiger partial charge in [0.25, 0.3) is 0 Å². The number of alkyl halides is 3. The summed E-state index contributed by atoms with van der Waals surface area (Å²) in [4.78, 5) is 27.6. The van der Waals surface area contributed by atoms with Gasteiger partial charge in [0.2, 0.25) is 11.8 Å². The van der Waals surface area contributed by atoms with Crippen molar-refractivity contribution in [3.05, 3.63) is 0 Å². The number of likely N-dealkylation sites (tertiary alicyclic amines) is 1. The van der Waals surface area contributed by atoms with Crippen LogP contribution in [0.1, 0.15) is 78.6 Å². The topological polar surface area (TPSA) is 61.4 Å². The predicted octanol–water partition coefficient (Wildman–Crippen LogP) is 3.36. The molecule has 5 aliphatic carbocycles. The van der Waals surface area contributed by atoms with E-state index in [2.05, 4.69) is 15.5 Å². The summed E-state index contributed by atoms with van der Waals surface area (Å²) in [7, 11) is 0. The third kappa shape index (κ3) is 3.94. The van der Waals surface area contributed by atoms with E-state index in [0.29, 0.717) is 6.54 Å². The van der Waals surface area contributed by atoms with E-state index in [0.717, 1.165) is 32.4 Å². The lowest BCUT2D eigenvalue weighted by atomic mass is 9.46. The Morgan fingerprint density at radius 3 is 1.88 bits per heavy atom. The van der Waals surface area contributed by atoms with Crippen LogP contribution in [-0.4, -0.2) is 64.9 Å². The molecule has 0 aromatic carbocycles. The van der Waals surface area contributed by atoms with Crippen LogP contribution in [0.2, 0.25) is 0 Å².